The third-order valence-corrected chi connectivity index (χ3v) is 5.56. The van der Waals surface area contributed by atoms with E-state index >= 15 is 0 Å². The summed E-state index contributed by atoms with van der Waals surface area (Å²) in [6, 6.07) is 8.93. The molecule has 2 aromatic rings. The predicted molar refractivity (Wildman–Crippen MR) is 104 cm³/mol. The molecule has 2 amide bonds. The molecule has 1 aliphatic heterocycles. The fourth-order valence-corrected chi connectivity index (χ4v) is 3.63. The molecule has 1 aromatic heterocycles. The number of carbonyl (C=O) groups is 2. The molecule has 0 bridgehead atoms. The van der Waals surface area contributed by atoms with Crippen LogP contribution in [-0.2, 0) is 21.6 Å². The highest BCUT2D eigenvalue weighted by atomic mass is 32.1. The molecule has 1 aromatic carbocycles. The van der Waals surface area contributed by atoms with Crippen molar-refractivity contribution in [3.63, 3.8) is 0 Å². The molecule has 1 fully saturated rings. The lowest BCUT2D eigenvalue weighted by Gasteiger charge is -2.22. The minimum atomic E-state index is -0.546. The van der Waals surface area contributed by atoms with Gasteiger partial charge in [0.2, 0.25) is 11.0 Å². The Bertz CT molecular complexity index is 801. The lowest BCUT2D eigenvalue weighted by Crippen LogP contribution is -2.43. The van der Waals surface area contributed by atoms with Gasteiger partial charge in [-0.25, -0.2) is 4.79 Å². The van der Waals surface area contributed by atoms with Gasteiger partial charge in [-0.05, 0) is 18.4 Å². The van der Waals surface area contributed by atoms with E-state index in [-0.39, 0.29) is 17.9 Å². The van der Waals surface area contributed by atoms with Gasteiger partial charge in [0.15, 0.2) is 0 Å². The molecule has 1 aliphatic rings. The van der Waals surface area contributed by atoms with Crippen molar-refractivity contribution < 1.29 is 14.3 Å². The van der Waals surface area contributed by atoms with Crippen molar-refractivity contribution in [3.05, 3.63) is 40.9 Å². The molecular weight excluding hydrogens is 364 g/mol. The van der Waals surface area contributed by atoms with Crippen molar-refractivity contribution in [2.45, 2.75) is 51.7 Å². The molecule has 27 heavy (non-hydrogen) atoms. The Labute approximate surface area is 162 Å². The van der Waals surface area contributed by atoms with E-state index in [1.165, 1.54) is 16.2 Å². The predicted octanol–water partition coefficient (Wildman–Crippen LogP) is 3.58. The number of nitrogens with one attached hydrogen (secondary N) is 1. The molecule has 1 atom stereocenters. The summed E-state index contributed by atoms with van der Waals surface area (Å²) in [7, 11) is 0. The fraction of sp³-hybridized carbons (Fsp3) is 0.474. The second-order valence-electron chi connectivity index (χ2n) is 7.54. The van der Waals surface area contributed by atoms with Crippen LogP contribution in [0.2, 0.25) is 0 Å². The Hall–Kier alpha value is -2.48. The number of amides is 2. The van der Waals surface area contributed by atoms with Crippen molar-refractivity contribution in [3.8, 4) is 0 Å². The maximum atomic E-state index is 12.6. The Kier molecular flexibility index (Phi) is 5.74. The summed E-state index contributed by atoms with van der Waals surface area (Å²) in [4.78, 5) is 26.6. The largest absolute Gasteiger partial charge is 0.445 e. The highest BCUT2D eigenvalue weighted by Gasteiger charge is 2.35. The van der Waals surface area contributed by atoms with Gasteiger partial charge in [-0.15, -0.1) is 10.2 Å². The number of hydrogen-bond donors (Lipinski definition) is 1. The van der Waals surface area contributed by atoms with E-state index in [0.29, 0.717) is 18.1 Å². The van der Waals surface area contributed by atoms with E-state index in [1.807, 2.05) is 51.1 Å². The quantitative estimate of drug-likeness (QED) is 0.865. The summed E-state index contributed by atoms with van der Waals surface area (Å²) < 4.78 is 5.37. The molecule has 2 heterocycles. The first kappa shape index (κ1) is 19.3. The van der Waals surface area contributed by atoms with E-state index in [1.54, 1.807) is 0 Å². The van der Waals surface area contributed by atoms with Crippen LogP contribution in [0.15, 0.2) is 30.3 Å². The maximum Gasteiger partial charge on any atom is 0.410 e. The van der Waals surface area contributed by atoms with Gasteiger partial charge in [0.05, 0.1) is 0 Å². The second-order valence-corrected chi connectivity index (χ2v) is 8.52. The molecule has 8 heteroatoms. The average Bonchev–Trinajstić information content (AvgIpc) is 3.29. The molecular formula is C19H24N4O3S. The second kappa shape index (κ2) is 8.04. The molecule has 3 rings (SSSR count). The molecule has 1 unspecified atom stereocenters. The summed E-state index contributed by atoms with van der Waals surface area (Å²) in [5.74, 6) is -0.249. The van der Waals surface area contributed by atoms with Crippen LogP contribution >= 0.6 is 11.3 Å². The van der Waals surface area contributed by atoms with Gasteiger partial charge in [0.1, 0.15) is 17.7 Å². The number of nitrogens with zero attached hydrogens (tertiary/aromatic N) is 3. The van der Waals surface area contributed by atoms with E-state index in [9.17, 15) is 9.59 Å². The average molecular weight is 388 g/mol. The molecule has 0 spiro atoms. The Morgan fingerprint density at radius 1 is 1.26 bits per heavy atom. The zero-order valence-corrected chi connectivity index (χ0v) is 16.6. The standard InChI is InChI=1S/C19H24N4O3S/c1-19(2,3)16-21-22-17(27-16)20-15(24)14-10-7-11-23(14)18(25)26-12-13-8-5-4-6-9-13/h4-6,8-9,14H,7,10-12H2,1-3H3,(H,20,22,24). The van der Waals surface area contributed by atoms with Crippen molar-refractivity contribution in [1.29, 1.82) is 0 Å². The highest BCUT2D eigenvalue weighted by molar-refractivity contribution is 7.15. The first-order valence-corrected chi connectivity index (χ1v) is 9.78. The van der Waals surface area contributed by atoms with Crippen LogP contribution in [0, 0.1) is 0 Å². The summed E-state index contributed by atoms with van der Waals surface area (Å²) in [5, 5.41) is 12.3. The minimum absolute atomic E-state index is 0.124. The van der Waals surface area contributed by atoms with Crippen LogP contribution < -0.4 is 5.32 Å². The topological polar surface area (TPSA) is 84.4 Å². The monoisotopic (exact) mass is 388 g/mol. The molecule has 1 saturated heterocycles. The molecule has 0 radical (unpaired) electrons. The van der Waals surface area contributed by atoms with Crippen LogP contribution in [0.5, 0.6) is 0 Å². The van der Waals surface area contributed by atoms with Crippen LogP contribution in [0.3, 0.4) is 0 Å². The Morgan fingerprint density at radius 2 is 2.00 bits per heavy atom. The summed E-state index contributed by atoms with van der Waals surface area (Å²) in [5.41, 5.74) is 0.788. The molecule has 144 valence electrons. The van der Waals surface area contributed by atoms with Crippen LogP contribution in [0.1, 0.15) is 44.2 Å². The van der Waals surface area contributed by atoms with Gasteiger partial charge in [-0.1, -0.05) is 62.4 Å². The minimum Gasteiger partial charge on any atom is -0.445 e. The van der Waals surface area contributed by atoms with Gasteiger partial charge < -0.3 is 4.74 Å². The number of rotatable bonds is 4. The van der Waals surface area contributed by atoms with Crippen molar-refractivity contribution in [2.24, 2.45) is 0 Å². The Balaban J connectivity index is 1.59. The number of ether oxygens (including phenoxy) is 1. The van der Waals surface area contributed by atoms with E-state index < -0.39 is 12.1 Å². The molecule has 0 saturated carbocycles. The Morgan fingerprint density at radius 3 is 2.67 bits per heavy atom. The zero-order chi connectivity index (χ0) is 19.4. The fourth-order valence-electron chi connectivity index (χ4n) is 2.83. The van der Waals surface area contributed by atoms with Gasteiger partial charge in [-0.2, -0.15) is 0 Å². The molecule has 1 N–H and O–H groups in total. The van der Waals surface area contributed by atoms with Crippen LogP contribution in [0.25, 0.3) is 0 Å². The third kappa shape index (κ3) is 4.82. The van der Waals surface area contributed by atoms with Gasteiger partial charge in [0, 0.05) is 12.0 Å². The van der Waals surface area contributed by atoms with Crippen LogP contribution in [0.4, 0.5) is 9.93 Å². The normalized spacial score (nSPS) is 17.0. The number of hydrogen-bond acceptors (Lipinski definition) is 6. The zero-order valence-electron chi connectivity index (χ0n) is 15.8. The first-order valence-electron chi connectivity index (χ1n) is 8.97. The van der Waals surface area contributed by atoms with E-state index in [4.69, 9.17) is 4.74 Å². The van der Waals surface area contributed by atoms with E-state index in [0.717, 1.165) is 17.0 Å². The number of aromatic nitrogens is 2. The first-order chi connectivity index (χ1) is 12.8. The van der Waals surface area contributed by atoms with E-state index in [2.05, 4.69) is 15.5 Å². The highest BCUT2D eigenvalue weighted by Crippen LogP contribution is 2.28. The number of likely N-dealkylation sites (tertiary alicyclic amines) is 1. The molecule has 0 aliphatic carbocycles. The summed E-state index contributed by atoms with van der Waals surface area (Å²) >= 11 is 1.36. The summed E-state index contributed by atoms with van der Waals surface area (Å²) in [6.07, 6.45) is 0.906. The van der Waals surface area contributed by atoms with Crippen molar-refractivity contribution in [2.75, 3.05) is 11.9 Å². The number of carbonyl (C=O) groups excluding carboxylic acids is 2. The molecule has 7 nitrogen and oxygen atoms in total. The lowest BCUT2D eigenvalue weighted by atomic mass is 9.98. The van der Waals surface area contributed by atoms with Gasteiger partial charge >= 0.3 is 6.09 Å². The van der Waals surface area contributed by atoms with Crippen LogP contribution in [-0.4, -0.2) is 39.7 Å². The van der Waals surface area contributed by atoms with Gasteiger partial charge in [0.25, 0.3) is 0 Å². The number of anilines is 1. The maximum absolute atomic E-state index is 12.6. The van der Waals surface area contributed by atoms with Gasteiger partial charge in [-0.3, -0.25) is 15.0 Å². The SMILES string of the molecule is CC(C)(C)c1nnc(NC(=O)C2CCCN2C(=O)OCc2ccccc2)s1. The summed E-state index contributed by atoms with van der Waals surface area (Å²) in [6.45, 7) is 6.83. The lowest BCUT2D eigenvalue weighted by molar-refractivity contribution is -0.120. The van der Waals surface area contributed by atoms with Crippen molar-refractivity contribution in [1.82, 2.24) is 15.1 Å². The van der Waals surface area contributed by atoms with Crippen molar-refractivity contribution >= 4 is 28.5 Å². The number of benzene rings is 1. The third-order valence-electron chi connectivity index (χ3n) is 4.29. The smallest absolute Gasteiger partial charge is 0.410 e.